The summed E-state index contributed by atoms with van der Waals surface area (Å²) in [5.41, 5.74) is 3.56. The van der Waals surface area contributed by atoms with Gasteiger partial charge in [-0.15, -0.1) is 0 Å². The molecule has 0 radical (unpaired) electrons. The van der Waals surface area contributed by atoms with Crippen LogP contribution in [0.2, 0.25) is 5.28 Å². The Morgan fingerprint density at radius 2 is 1.82 bits per heavy atom. The molecule has 1 aromatic heterocycles. The van der Waals surface area contributed by atoms with Gasteiger partial charge in [0.2, 0.25) is 5.28 Å². The summed E-state index contributed by atoms with van der Waals surface area (Å²) in [4.78, 5) is 40.6. The Morgan fingerprint density at radius 3 is 2.62 bits per heavy atom. The van der Waals surface area contributed by atoms with Crippen LogP contribution in [0.4, 0.5) is 26.4 Å². The van der Waals surface area contributed by atoms with E-state index in [1.165, 1.54) is 12.1 Å². The molecule has 0 unspecified atom stereocenters. The standard InChI is InChI=1S/C28H28ClFN6O3/c1-39-21-3-4-22-17(15-21)6-12-35(28(38)32-22)20-8-10-34(11-9-20)25-16-23(31-27(29)33-25)26(37)36-13-7-18-14-19(30)2-5-24(18)36/h2-5,14-16,20H,6-13H2,1H3,(H,32,38). The number of aromatic nitrogens is 2. The average Bonchev–Trinajstić information content (AvgIpc) is 3.28. The first-order valence-corrected chi connectivity index (χ1v) is 13.4. The molecule has 1 N–H and O–H groups in total. The van der Waals surface area contributed by atoms with Crippen LogP contribution in [-0.4, -0.2) is 66.1 Å². The molecule has 3 aliphatic rings. The number of nitrogens with one attached hydrogen (secondary N) is 1. The summed E-state index contributed by atoms with van der Waals surface area (Å²) >= 11 is 6.26. The third-order valence-electron chi connectivity index (χ3n) is 7.75. The molecule has 1 saturated heterocycles. The van der Waals surface area contributed by atoms with E-state index in [9.17, 15) is 14.0 Å². The predicted molar refractivity (Wildman–Crippen MR) is 146 cm³/mol. The minimum Gasteiger partial charge on any atom is -0.497 e. The maximum Gasteiger partial charge on any atom is 0.322 e. The summed E-state index contributed by atoms with van der Waals surface area (Å²) in [7, 11) is 1.63. The molecule has 9 nitrogen and oxygen atoms in total. The second-order valence-corrected chi connectivity index (χ2v) is 10.3. The van der Waals surface area contributed by atoms with Crippen molar-refractivity contribution in [3.05, 3.63) is 70.4 Å². The van der Waals surface area contributed by atoms with E-state index in [0.29, 0.717) is 44.1 Å². The lowest BCUT2D eigenvalue weighted by Gasteiger charge is -2.38. The van der Waals surface area contributed by atoms with Gasteiger partial charge in [-0.05, 0) is 84.8 Å². The number of hydrogen-bond acceptors (Lipinski definition) is 6. The fraction of sp³-hybridized carbons (Fsp3) is 0.357. The molecule has 1 fully saturated rings. The Balaban J connectivity index is 1.13. The largest absolute Gasteiger partial charge is 0.497 e. The zero-order valence-electron chi connectivity index (χ0n) is 21.5. The van der Waals surface area contributed by atoms with Crippen molar-refractivity contribution in [2.75, 3.05) is 48.4 Å². The van der Waals surface area contributed by atoms with Crippen molar-refractivity contribution in [3.8, 4) is 5.75 Å². The average molecular weight is 551 g/mol. The first-order chi connectivity index (χ1) is 18.9. The first-order valence-electron chi connectivity index (χ1n) is 13.0. The third kappa shape index (κ3) is 4.96. The molecule has 3 aliphatic heterocycles. The Kier molecular flexibility index (Phi) is 6.72. The lowest BCUT2D eigenvalue weighted by molar-refractivity contribution is 0.0984. The molecule has 6 rings (SSSR count). The quantitative estimate of drug-likeness (QED) is 0.480. The van der Waals surface area contributed by atoms with E-state index in [4.69, 9.17) is 16.3 Å². The van der Waals surface area contributed by atoms with E-state index >= 15 is 0 Å². The van der Waals surface area contributed by atoms with Crippen LogP contribution in [0.5, 0.6) is 5.75 Å². The van der Waals surface area contributed by atoms with Crippen molar-refractivity contribution in [1.29, 1.82) is 0 Å². The lowest BCUT2D eigenvalue weighted by Crippen LogP contribution is -2.49. The topological polar surface area (TPSA) is 90.9 Å². The number of carbonyl (C=O) groups is 2. The number of anilines is 3. The zero-order chi connectivity index (χ0) is 27.1. The molecular formula is C28H28ClFN6O3. The number of carbonyl (C=O) groups excluding carboxylic acids is 2. The van der Waals surface area contributed by atoms with Gasteiger partial charge in [-0.25, -0.2) is 19.2 Å². The SMILES string of the molecule is COc1ccc2c(c1)CCN(C1CCN(c3cc(C(=O)N4CCc5cc(F)ccc54)nc(Cl)n3)CC1)C(=O)N2. The fourth-order valence-corrected chi connectivity index (χ4v) is 5.88. The predicted octanol–water partition coefficient (Wildman–Crippen LogP) is 4.54. The second-order valence-electron chi connectivity index (χ2n) is 9.98. The first kappa shape index (κ1) is 25.4. The zero-order valence-corrected chi connectivity index (χ0v) is 22.2. The molecule has 0 saturated carbocycles. The van der Waals surface area contributed by atoms with Gasteiger partial charge >= 0.3 is 6.03 Å². The van der Waals surface area contributed by atoms with Crippen molar-refractivity contribution in [3.63, 3.8) is 0 Å². The molecule has 202 valence electrons. The van der Waals surface area contributed by atoms with Gasteiger partial charge in [-0.1, -0.05) is 0 Å². The molecule has 39 heavy (non-hydrogen) atoms. The van der Waals surface area contributed by atoms with Crippen LogP contribution < -0.4 is 19.9 Å². The third-order valence-corrected chi connectivity index (χ3v) is 7.92. The molecule has 0 aliphatic carbocycles. The van der Waals surface area contributed by atoms with Gasteiger partial charge in [0.1, 0.15) is 23.1 Å². The van der Waals surface area contributed by atoms with E-state index < -0.39 is 0 Å². The maximum atomic E-state index is 13.6. The van der Waals surface area contributed by atoms with Gasteiger partial charge in [-0.3, -0.25) is 4.79 Å². The highest BCUT2D eigenvalue weighted by molar-refractivity contribution is 6.28. The number of halogens is 2. The van der Waals surface area contributed by atoms with Crippen LogP contribution in [0.1, 0.15) is 34.5 Å². The van der Waals surface area contributed by atoms with E-state index in [-0.39, 0.29) is 34.8 Å². The lowest BCUT2D eigenvalue weighted by atomic mass is 10.0. The minimum absolute atomic E-state index is 0.00316. The summed E-state index contributed by atoms with van der Waals surface area (Å²) in [6.45, 7) is 2.38. The van der Waals surface area contributed by atoms with E-state index in [2.05, 4.69) is 20.2 Å². The normalized spacial score (nSPS) is 17.4. The molecule has 0 bridgehead atoms. The fourth-order valence-electron chi connectivity index (χ4n) is 5.71. The van der Waals surface area contributed by atoms with Gasteiger partial charge in [0.15, 0.2) is 0 Å². The molecule has 11 heteroatoms. The number of hydrogen-bond donors (Lipinski definition) is 1. The summed E-state index contributed by atoms with van der Waals surface area (Å²) in [5.74, 6) is 0.739. The van der Waals surface area contributed by atoms with Gasteiger partial charge in [0.05, 0.1) is 7.11 Å². The van der Waals surface area contributed by atoms with Crippen molar-refractivity contribution in [2.24, 2.45) is 0 Å². The number of benzene rings is 2. The van der Waals surface area contributed by atoms with Gasteiger partial charge in [0, 0.05) is 49.7 Å². The van der Waals surface area contributed by atoms with Gasteiger partial charge < -0.3 is 24.8 Å². The Labute approximate surface area is 230 Å². The summed E-state index contributed by atoms with van der Waals surface area (Å²) in [6, 6.07) is 11.8. The number of fused-ring (bicyclic) bond motifs is 2. The summed E-state index contributed by atoms with van der Waals surface area (Å²) < 4.78 is 19.0. The molecule has 0 spiro atoms. The maximum absolute atomic E-state index is 13.6. The summed E-state index contributed by atoms with van der Waals surface area (Å²) in [6.07, 6.45) is 2.83. The van der Waals surface area contributed by atoms with E-state index in [0.717, 1.165) is 41.8 Å². The van der Waals surface area contributed by atoms with Gasteiger partial charge in [0.25, 0.3) is 5.91 Å². The Morgan fingerprint density at radius 1 is 1.03 bits per heavy atom. The van der Waals surface area contributed by atoms with Crippen LogP contribution in [-0.2, 0) is 12.8 Å². The van der Waals surface area contributed by atoms with E-state index in [1.807, 2.05) is 23.1 Å². The number of ether oxygens (including phenoxy) is 1. The number of urea groups is 1. The highest BCUT2D eigenvalue weighted by Gasteiger charge is 2.32. The van der Waals surface area contributed by atoms with Crippen LogP contribution in [0, 0.1) is 5.82 Å². The summed E-state index contributed by atoms with van der Waals surface area (Å²) in [5, 5.41) is 3.04. The van der Waals surface area contributed by atoms with Crippen molar-refractivity contribution >= 4 is 40.7 Å². The number of nitrogens with zero attached hydrogens (tertiary/aromatic N) is 5. The molecule has 3 aromatic rings. The number of rotatable bonds is 4. The Hall–Kier alpha value is -3.92. The number of methoxy groups -OCH3 is 1. The minimum atomic E-state index is -0.318. The van der Waals surface area contributed by atoms with Crippen LogP contribution in [0.3, 0.4) is 0 Å². The van der Waals surface area contributed by atoms with Crippen LogP contribution >= 0.6 is 11.6 Å². The van der Waals surface area contributed by atoms with Crippen molar-refractivity contribution < 1.29 is 18.7 Å². The highest BCUT2D eigenvalue weighted by atomic mass is 35.5. The number of piperidine rings is 1. The molecule has 3 amide bonds. The molecule has 2 aromatic carbocycles. The van der Waals surface area contributed by atoms with Gasteiger partial charge in [-0.2, -0.15) is 0 Å². The van der Waals surface area contributed by atoms with Crippen molar-refractivity contribution in [1.82, 2.24) is 14.9 Å². The number of amides is 3. The molecule has 4 heterocycles. The molecular weight excluding hydrogens is 523 g/mol. The monoisotopic (exact) mass is 550 g/mol. The van der Waals surface area contributed by atoms with Crippen LogP contribution in [0.15, 0.2) is 42.5 Å². The smallest absolute Gasteiger partial charge is 0.322 e. The highest BCUT2D eigenvalue weighted by Crippen LogP contribution is 2.31. The van der Waals surface area contributed by atoms with E-state index in [1.54, 1.807) is 24.1 Å². The Bertz CT molecular complexity index is 1440. The van der Waals surface area contributed by atoms with Crippen LogP contribution in [0.25, 0.3) is 0 Å². The second kappa shape index (κ2) is 10.3. The van der Waals surface area contributed by atoms with Crippen molar-refractivity contribution in [2.45, 2.75) is 31.7 Å². The molecule has 0 atom stereocenters.